The van der Waals surface area contributed by atoms with E-state index in [1.54, 1.807) is 15.9 Å². The molecule has 1 atom stereocenters. The van der Waals surface area contributed by atoms with E-state index in [0.29, 0.717) is 17.5 Å². The second kappa shape index (κ2) is 6.46. The van der Waals surface area contributed by atoms with E-state index in [2.05, 4.69) is 21.2 Å². The molecule has 3 aromatic rings. The minimum Gasteiger partial charge on any atom is -0.376 e. The number of thiazole rings is 1. The van der Waals surface area contributed by atoms with Crippen molar-refractivity contribution in [2.45, 2.75) is 36.4 Å². The van der Waals surface area contributed by atoms with Crippen molar-refractivity contribution in [2.24, 2.45) is 0 Å². The zero-order chi connectivity index (χ0) is 15.6. The Morgan fingerprint density at radius 2 is 2.35 bits per heavy atom. The van der Waals surface area contributed by atoms with Gasteiger partial charge in [-0.1, -0.05) is 23.9 Å². The maximum absolute atomic E-state index is 11.9. The summed E-state index contributed by atoms with van der Waals surface area (Å²) in [5.41, 5.74) is 0.846. The molecule has 1 saturated heterocycles. The zero-order valence-electron chi connectivity index (χ0n) is 12.4. The molecular weight excluding hydrogens is 332 g/mol. The fraction of sp³-hybridized carbons (Fsp3) is 0.400. The van der Waals surface area contributed by atoms with E-state index in [9.17, 15) is 4.79 Å². The molecule has 6 nitrogen and oxygen atoms in total. The molecule has 0 spiro atoms. The van der Waals surface area contributed by atoms with Gasteiger partial charge in [-0.05, 0) is 25.0 Å². The van der Waals surface area contributed by atoms with E-state index in [1.165, 1.54) is 16.5 Å². The Morgan fingerprint density at radius 1 is 1.43 bits per heavy atom. The number of benzene rings is 1. The lowest BCUT2D eigenvalue weighted by atomic mass is 10.2. The summed E-state index contributed by atoms with van der Waals surface area (Å²) in [4.78, 5) is 16.6. The Balaban J connectivity index is 1.49. The molecule has 0 saturated carbocycles. The molecule has 120 valence electrons. The quantitative estimate of drug-likeness (QED) is 0.718. The molecule has 0 amide bonds. The van der Waals surface area contributed by atoms with Crippen LogP contribution in [-0.4, -0.2) is 32.5 Å². The highest BCUT2D eigenvalue weighted by atomic mass is 32.2. The van der Waals surface area contributed by atoms with E-state index in [4.69, 9.17) is 4.74 Å². The van der Waals surface area contributed by atoms with Crippen LogP contribution in [0.15, 0.2) is 34.2 Å². The number of fused-ring (bicyclic) bond motifs is 1. The summed E-state index contributed by atoms with van der Waals surface area (Å²) in [6, 6.07) is 8.10. The van der Waals surface area contributed by atoms with Crippen LogP contribution < -0.4 is 5.69 Å². The number of rotatable bonds is 5. The molecule has 4 rings (SSSR count). The second-order valence-corrected chi connectivity index (χ2v) is 7.48. The minimum atomic E-state index is -0.174. The lowest BCUT2D eigenvalue weighted by molar-refractivity contribution is 0.0941. The van der Waals surface area contributed by atoms with Crippen molar-refractivity contribution in [3.05, 3.63) is 39.8 Å². The van der Waals surface area contributed by atoms with Crippen molar-refractivity contribution in [2.75, 3.05) is 6.61 Å². The van der Waals surface area contributed by atoms with Gasteiger partial charge in [0.25, 0.3) is 0 Å². The second-order valence-electron chi connectivity index (χ2n) is 5.42. The average molecular weight is 348 g/mol. The first-order valence-corrected chi connectivity index (χ1v) is 9.34. The molecular formula is C15H16N4O2S2. The van der Waals surface area contributed by atoms with E-state index in [-0.39, 0.29) is 11.8 Å². The van der Waals surface area contributed by atoms with Gasteiger partial charge < -0.3 is 4.74 Å². The zero-order valence-corrected chi connectivity index (χ0v) is 14.0. The predicted octanol–water partition coefficient (Wildman–Crippen LogP) is 2.65. The standard InChI is InChI=1S/C15H16N4O2S2/c20-14-17-18-15(19(14)8-10-4-3-7-21-10)22-9-13-16-11-5-1-2-6-12(11)23-13/h1-2,5-6,10H,3-4,7-9H2,(H,17,20). The molecule has 1 fully saturated rings. The highest BCUT2D eigenvalue weighted by Gasteiger charge is 2.19. The first kappa shape index (κ1) is 14.9. The van der Waals surface area contributed by atoms with Gasteiger partial charge in [0.15, 0.2) is 5.16 Å². The Bertz CT molecular complexity index is 831. The number of aromatic amines is 1. The minimum absolute atomic E-state index is 0.118. The van der Waals surface area contributed by atoms with Crippen LogP contribution in [0.25, 0.3) is 10.2 Å². The maximum atomic E-state index is 11.9. The summed E-state index contributed by atoms with van der Waals surface area (Å²) in [5, 5.41) is 8.41. The highest BCUT2D eigenvalue weighted by Crippen LogP contribution is 2.27. The van der Waals surface area contributed by atoms with Crippen LogP contribution in [0.3, 0.4) is 0 Å². The van der Waals surface area contributed by atoms with Crippen molar-refractivity contribution >= 4 is 33.3 Å². The van der Waals surface area contributed by atoms with Gasteiger partial charge in [0.05, 0.1) is 28.6 Å². The highest BCUT2D eigenvalue weighted by molar-refractivity contribution is 7.98. The van der Waals surface area contributed by atoms with E-state index in [1.807, 2.05) is 18.2 Å². The fourth-order valence-corrected chi connectivity index (χ4v) is 4.59. The van der Waals surface area contributed by atoms with Crippen LogP contribution in [0.4, 0.5) is 0 Å². The normalized spacial score (nSPS) is 18.0. The number of nitrogens with one attached hydrogen (secondary N) is 1. The summed E-state index contributed by atoms with van der Waals surface area (Å²) in [7, 11) is 0. The third-order valence-electron chi connectivity index (χ3n) is 3.80. The Morgan fingerprint density at radius 3 is 3.17 bits per heavy atom. The molecule has 0 aliphatic carbocycles. The topological polar surface area (TPSA) is 72.8 Å². The Kier molecular flexibility index (Phi) is 4.19. The smallest absolute Gasteiger partial charge is 0.344 e. The molecule has 8 heteroatoms. The maximum Gasteiger partial charge on any atom is 0.344 e. The molecule has 1 unspecified atom stereocenters. The van der Waals surface area contributed by atoms with Crippen LogP contribution >= 0.6 is 23.1 Å². The fourth-order valence-electron chi connectivity index (χ4n) is 2.67. The number of nitrogens with zero attached hydrogens (tertiary/aromatic N) is 3. The monoisotopic (exact) mass is 348 g/mol. The van der Waals surface area contributed by atoms with Gasteiger partial charge in [0, 0.05) is 6.61 Å². The van der Waals surface area contributed by atoms with Crippen LogP contribution in [0.2, 0.25) is 0 Å². The van der Waals surface area contributed by atoms with Crippen molar-refractivity contribution in [1.29, 1.82) is 0 Å². The van der Waals surface area contributed by atoms with Crippen LogP contribution in [-0.2, 0) is 17.0 Å². The predicted molar refractivity (Wildman–Crippen MR) is 91.0 cm³/mol. The summed E-state index contributed by atoms with van der Waals surface area (Å²) in [6.45, 7) is 1.35. The van der Waals surface area contributed by atoms with E-state index >= 15 is 0 Å². The number of thioether (sulfide) groups is 1. The summed E-state index contributed by atoms with van der Waals surface area (Å²) >= 11 is 3.21. The summed E-state index contributed by atoms with van der Waals surface area (Å²) in [6.07, 6.45) is 2.18. The van der Waals surface area contributed by atoms with Crippen LogP contribution in [0, 0.1) is 0 Å². The SMILES string of the molecule is O=c1[nH]nc(SCc2nc3ccccc3s2)n1CC1CCCO1. The average Bonchev–Trinajstić information content (AvgIpc) is 3.27. The van der Waals surface area contributed by atoms with Gasteiger partial charge >= 0.3 is 5.69 Å². The number of H-pyrrole nitrogens is 1. The van der Waals surface area contributed by atoms with Gasteiger partial charge in [0.1, 0.15) is 5.01 Å². The molecule has 2 aromatic heterocycles. The molecule has 0 bridgehead atoms. The Labute approximate surface area is 140 Å². The van der Waals surface area contributed by atoms with Gasteiger partial charge in [-0.15, -0.1) is 16.4 Å². The lowest BCUT2D eigenvalue weighted by Gasteiger charge is -2.10. The lowest BCUT2D eigenvalue weighted by Crippen LogP contribution is -2.24. The summed E-state index contributed by atoms with van der Waals surface area (Å²) < 4.78 is 8.47. The number of aromatic nitrogens is 4. The molecule has 3 heterocycles. The third-order valence-corrected chi connectivity index (χ3v) is 6.00. The first-order valence-electron chi connectivity index (χ1n) is 7.53. The molecule has 1 aliphatic rings. The van der Waals surface area contributed by atoms with Crippen molar-refractivity contribution in [1.82, 2.24) is 19.7 Å². The van der Waals surface area contributed by atoms with Crippen LogP contribution in [0.1, 0.15) is 17.8 Å². The van der Waals surface area contributed by atoms with E-state index in [0.717, 1.165) is 30.0 Å². The van der Waals surface area contributed by atoms with Crippen LogP contribution in [0.5, 0.6) is 0 Å². The number of hydrogen-bond acceptors (Lipinski definition) is 6. The first-order chi connectivity index (χ1) is 11.3. The van der Waals surface area contributed by atoms with Gasteiger partial charge in [0.2, 0.25) is 0 Å². The van der Waals surface area contributed by atoms with Crippen molar-refractivity contribution < 1.29 is 4.74 Å². The van der Waals surface area contributed by atoms with Gasteiger partial charge in [-0.2, -0.15) is 0 Å². The van der Waals surface area contributed by atoms with Gasteiger partial charge in [-0.25, -0.2) is 14.9 Å². The largest absolute Gasteiger partial charge is 0.376 e. The number of ether oxygens (including phenoxy) is 1. The number of hydrogen-bond donors (Lipinski definition) is 1. The van der Waals surface area contributed by atoms with Crippen molar-refractivity contribution in [3.8, 4) is 0 Å². The molecule has 1 N–H and O–H groups in total. The van der Waals surface area contributed by atoms with Crippen molar-refractivity contribution in [3.63, 3.8) is 0 Å². The Hall–Kier alpha value is -1.64. The number of para-hydroxylation sites is 1. The van der Waals surface area contributed by atoms with Gasteiger partial charge in [-0.3, -0.25) is 4.57 Å². The third kappa shape index (κ3) is 3.19. The molecule has 0 radical (unpaired) electrons. The molecule has 1 aliphatic heterocycles. The summed E-state index contributed by atoms with van der Waals surface area (Å²) in [5.74, 6) is 0.704. The molecule has 1 aromatic carbocycles. The molecule has 23 heavy (non-hydrogen) atoms. The van der Waals surface area contributed by atoms with E-state index < -0.39 is 0 Å².